The summed E-state index contributed by atoms with van der Waals surface area (Å²) in [5.74, 6) is 2.81. The Morgan fingerprint density at radius 1 is 1.07 bits per heavy atom. The summed E-state index contributed by atoms with van der Waals surface area (Å²) in [4.78, 5) is 2.55. The Morgan fingerprint density at radius 2 is 1.86 bits per heavy atom. The van der Waals surface area contributed by atoms with Crippen molar-refractivity contribution in [2.75, 3.05) is 19.6 Å². The number of nitrogens with one attached hydrogen (secondary N) is 1. The Hall–Kier alpha value is -2.22. The first-order valence-corrected chi connectivity index (χ1v) is 10.2. The highest BCUT2D eigenvalue weighted by atomic mass is 35.5. The molecule has 4 heterocycles. The van der Waals surface area contributed by atoms with Gasteiger partial charge in [0, 0.05) is 49.9 Å². The second-order valence-electron chi connectivity index (χ2n) is 7.90. The van der Waals surface area contributed by atoms with Gasteiger partial charge >= 0.3 is 0 Å². The van der Waals surface area contributed by atoms with Crippen molar-refractivity contribution in [2.45, 2.75) is 38.4 Å². The maximum absolute atomic E-state index is 4.71. The number of fused-ring (bicyclic) bond motifs is 1. The van der Waals surface area contributed by atoms with Crippen LogP contribution in [-0.2, 0) is 26.7 Å². The van der Waals surface area contributed by atoms with Gasteiger partial charge in [-0.3, -0.25) is 9.58 Å². The van der Waals surface area contributed by atoms with Crippen LogP contribution in [0.3, 0.4) is 0 Å². The third-order valence-corrected chi connectivity index (χ3v) is 5.95. The van der Waals surface area contributed by atoms with Gasteiger partial charge < -0.3 is 9.88 Å². The standard InChI is InChI=1S/C21H27N7.ClH/c1-26-14-18(20(25-26)16-5-3-2-4-6-16)15-27-10-7-17(8-11-27)21-24-23-19-13-22-9-12-28(19)21;/h2-6,14,17,22H,7-13,15H2,1H3;1H. The molecule has 0 aliphatic carbocycles. The summed E-state index contributed by atoms with van der Waals surface area (Å²) in [6, 6.07) is 10.5. The van der Waals surface area contributed by atoms with Crippen LogP contribution in [0.5, 0.6) is 0 Å². The third-order valence-electron chi connectivity index (χ3n) is 5.95. The number of aryl methyl sites for hydroxylation is 1. The van der Waals surface area contributed by atoms with Crippen LogP contribution in [0.25, 0.3) is 11.3 Å². The zero-order valence-electron chi connectivity index (χ0n) is 16.8. The summed E-state index contributed by atoms with van der Waals surface area (Å²) < 4.78 is 4.27. The number of aromatic nitrogens is 5. The molecular formula is C21H28ClN7. The van der Waals surface area contributed by atoms with E-state index >= 15 is 0 Å². The number of rotatable bonds is 4. The molecule has 29 heavy (non-hydrogen) atoms. The third kappa shape index (κ3) is 4.08. The molecule has 0 radical (unpaired) electrons. The predicted octanol–water partition coefficient (Wildman–Crippen LogP) is 2.58. The van der Waals surface area contributed by atoms with E-state index in [2.05, 4.69) is 61.5 Å². The van der Waals surface area contributed by atoms with Crippen molar-refractivity contribution in [2.24, 2.45) is 7.05 Å². The summed E-state index contributed by atoms with van der Waals surface area (Å²) >= 11 is 0. The van der Waals surface area contributed by atoms with Crippen LogP contribution in [0.1, 0.15) is 36.0 Å². The number of piperidine rings is 1. The maximum atomic E-state index is 4.71. The van der Waals surface area contributed by atoms with Gasteiger partial charge in [-0.05, 0) is 25.9 Å². The van der Waals surface area contributed by atoms with Crippen LogP contribution < -0.4 is 5.32 Å². The number of likely N-dealkylation sites (tertiary alicyclic amines) is 1. The maximum Gasteiger partial charge on any atom is 0.147 e. The lowest BCUT2D eigenvalue weighted by atomic mass is 9.95. The van der Waals surface area contributed by atoms with Crippen LogP contribution in [0.2, 0.25) is 0 Å². The van der Waals surface area contributed by atoms with Gasteiger partial charge in [0.15, 0.2) is 0 Å². The second-order valence-corrected chi connectivity index (χ2v) is 7.90. The average Bonchev–Trinajstić information content (AvgIpc) is 3.33. The molecule has 1 aromatic carbocycles. The molecule has 8 heteroatoms. The van der Waals surface area contributed by atoms with E-state index < -0.39 is 0 Å². The summed E-state index contributed by atoms with van der Waals surface area (Å²) in [7, 11) is 2.01. The van der Waals surface area contributed by atoms with Crippen molar-refractivity contribution in [1.82, 2.24) is 34.8 Å². The lowest BCUT2D eigenvalue weighted by Gasteiger charge is -2.32. The predicted molar refractivity (Wildman–Crippen MR) is 115 cm³/mol. The van der Waals surface area contributed by atoms with Crippen molar-refractivity contribution in [3.63, 3.8) is 0 Å². The highest BCUT2D eigenvalue weighted by molar-refractivity contribution is 5.85. The zero-order valence-corrected chi connectivity index (χ0v) is 17.6. The number of nitrogens with zero attached hydrogens (tertiary/aromatic N) is 6. The molecule has 0 spiro atoms. The molecule has 1 N–H and O–H groups in total. The molecule has 7 nitrogen and oxygen atoms in total. The minimum Gasteiger partial charge on any atom is -0.312 e. The molecule has 1 fully saturated rings. The molecule has 0 bridgehead atoms. The zero-order chi connectivity index (χ0) is 18.9. The van der Waals surface area contributed by atoms with Gasteiger partial charge in [0.2, 0.25) is 0 Å². The first-order valence-electron chi connectivity index (χ1n) is 10.2. The van der Waals surface area contributed by atoms with E-state index in [1.54, 1.807) is 0 Å². The van der Waals surface area contributed by atoms with E-state index in [1.807, 2.05) is 11.7 Å². The monoisotopic (exact) mass is 413 g/mol. The first kappa shape index (κ1) is 20.1. The molecule has 1 saturated heterocycles. The Bertz CT molecular complexity index is 941. The Morgan fingerprint density at radius 3 is 2.66 bits per heavy atom. The van der Waals surface area contributed by atoms with E-state index in [9.17, 15) is 0 Å². The molecule has 0 amide bonds. The molecular weight excluding hydrogens is 386 g/mol. The molecule has 0 atom stereocenters. The van der Waals surface area contributed by atoms with Crippen LogP contribution in [0, 0.1) is 0 Å². The van der Waals surface area contributed by atoms with Crippen LogP contribution in [0.15, 0.2) is 36.5 Å². The van der Waals surface area contributed by atoms with Crippen molar-refractivity contribution < 1.29 is 0 Å². The number of halogens is 1. The normalized spacial score (nSPS) is 17.7. The largest absolute Gasteiger partial charge is 0.312 e. The van der Waals surface area contributed by atoms with Gasteiger partial charge in [0.05, 0.1) is 12.2 Å². The molecule has 2 aliphatic rings. The van der Waals surface area contributed by atoms with E-state index in [0.717, 1.165) is 63.6 Å². The first-order chi connectivity index (χ1) is 13.8. The second kappa shape index (κ2) is 8.65. The van der Waals surface area contributed by atoms with Crippen molar-refractivity contribution in [3.05, 3.63) is 53.7 Å². The van der Waals surface area contributed by atoms with Gasteiger partial charge in [-0.1, -0.05) is 30.3 Å². The molecule has 0 unspecified atom stereocenters. The SMILES string of the molecule is Cl.Cn1cc(CN2CCC(c3nnc4n3CCNC4)CC2)c(-c2ccccc2)n1. The highest BCUT2D eigenvalue weighted by Gasteiger charge is 2.27. The summed E-state index contributed by atoms with van der Waals surface area (Å²) in [6.45, 7) is 5.98. The van der Waals surface area contributed by atoms with E-state index in [4.69, 9.17) is 5.10 Å². The van der Waals surface area contributed by atoms with Gasteiger partial charge in [0.1, 0.15) is 11.6 Å². The van der Waals surface area contributed by atoms with Crippen LogP contribution >= 0.6 is 12.4 Å². The fourth-order valence-electron chi connectivity index (χ4n) is 4.50. The topological polar surface area (TPSA) is 63.8 Å². The summed E-state index contributed by atoms with van der Waals surface area (Å²) in [6.07, 6.45) is 4.45. The molecule has 2 aromatic heterocycles. The number of hydrogen-bond donors (Lipinski definition) is 1. The van der Waals surface area contributed by atoms with Crippen molar-refractivity contribution in [1.29, 1.82) is 0 Å². The fraction of sp³-hybridized carbons (Fsp3) is 0.476. The lowest BCUT2D eigenvalue weighted by molar-refractivity contribution is 0.199. The van der Waals surface area contributed by atoms with Crippen molar-refractivity contribution in [3.8, 4) is 11.3 Å². The Labute approximate surface area is 177 Å². The molecule has 2 aliphatic heterocycles. The Balaban J connectivity index is 0.00000205. The average molecular weight is 414 g/mol. The molecule has 3 aromatic rings. The van der Waals surface area contributed by atoms with Gasteiger partial charge in [-0.25, -0.2) is 0 Å². The minimum absolute atomic E-state index is 0. The fourth-order valence-corrected chi connectivity index (χ4v) is 4.50. The Kier molecular flexibility index (Phi) is 5.99. The van der Waals surface area contributed by atoms with Gasteiger partial charge in [-0.15, -0.1) is 22.6 Å². The quantitative estimate of drug-likeness (QED) is 0.712. The number of hydrogen-bond acceptors (Lipinski definition) is 5. The van der Waals surface area contributed by atoms with Gasteiger partial charge in [0.25, 0.3) is 0 Å². The summed E-state index contributed by atoms with van der Waals surface area (Å²) in [5, 5.41) is 17.0. The van der Waals surface area contributed by atoms with Gasteiger partial charge in [-0.2, -0.15) is 5.10 Å². The lowest BCUT2D eigenvalue weighted by Crippen LogP contribution is -2.34. The van der Waals surface area contributed by atoms with Crippen LogP contribution in [0.4, 0.5) is 0 Å². The molecule has 5 rings (SSSR count). The molecule has 154 valence electrons. The smallest absolute Gasteiger partial charge is 0.147 e. The minimum atomic E-state index is 0. The van der Waals surface area contributed by atoms with E-state index in [1.165, 1.54) is 17.0 Å². The highest BCUT2D eigenvalue weighted by Crippen LogP contribution is 2.30. The van der Waals surface area contributed by atoms with E-state index in [0.29, 0.717) is 5.92 Å². The van der Waals surface area contributed by atoms with Crippen molar-refractivity contribution >= 4 is 12.4 Å². The van der Waals surface area contributed by atoms with E-state index in [-0.39, 0.29) is 12.4 Å². The number of benzene rings is 1. The van der Waals surface area contributed by atoms with Crippen LogP contribution in [-0.4, -0.2) is 49.1 Å². The summed E-state index contributed by atoms with van der Waals surface area (Å²) in [5.41, 5.74) is 3.60. The molecule has 0 saturated carbocycles.